The highest BCUT2D eigenvalue weighted by atomic mass is 16.2. The van der Waals surface area contributed by atoms with Crippen molar-refractivity contribution in [3.05, 3.63) is 29.3 Å². The lowest BCUT2D eigenvalue weighted by Crippen LogP contribution is -2.30. The fourth-order valence-electron chi connectivity index (χ4n) is 2.05. The zero-order chi connectivity index (χ0) is 12.4. The second kappa shape index (κ2) is 4.57. The van der Waals surface area contributed by atoms with Crippen molar-refractivity contribution >= 4 is 17.5 Å². The number of aryl methyl sites for hydroxylation is 2. The largest absolute Gasteiger partial charge is 0.373 e. The van der Waals surface area contributed by atoms with E-state index in [1.165, 1.54) is 11.1 Å². The van der Waals surface area contributed by atoms with E-state index < -0.39 is 6.04 Å². The molecule has 0 radical (unpaired) electrons. The summed E-state index contributed by atoms with van der Waals surface area (Å²) in [6.45, 7) is 4.16. The van der Waals surface area contributed by atoms with E-state index in [2.05, 4.69) is 17.6 Å². The van der Waals surface area contributed by atoms with Crippen LogP contribution in [0.5, 0.6) is 0 Å². The summed E-state index contributed by atoms with van der Waals surface area (Å²) < 4.78 is 0. The highest BCUT2D eigenvalue weighted by Gasteiger charge is 2.30. The summed E-state index contributed by atoms with van der Waals surface area (Å²) >= 11 is 0. The summed E-state index contributed by atoms with van der Waals surface area (Å²) in [5, 5.41) is 5.36. The Balaban J connectivity index is 2.11. The first kappa shape index (κ1) is 11.6. The van der Waals surface area contributed by atoms with E-state index >= 15 is 0 Å². The summed E-state index contributed by atoms with van der Waals surface area (Å²) in [5.41, 5.74) is 3.37. The number of anilines is 1. The average Bonchev–Trinajstić information content (AvgIpc) is 2.58. The molecule has 1 heterocycles. The third-order valence-corrected chi connectivity index (χ3v) is 3.03. The molecule has 1 atom stereocenters. The van der Waals surface area contributed by atoms with Crippen LogP contribution in [-0.4, -0.2) is 17.9 Å². The molecule has 0 saturated carbocycles. The van der Waals surface area contributed by atoms with Crippen molar-refractivity contribution in [2.45, 2.75) is 32.7 Å². The standard InChI is InChI=1S/C13H16N2O2/c1-3-9-4-5-10(6-8(9)2)14-11-7-12(16)15-13(11)17/h4-6,11,14H,3,7H2,1-2H3,(H,15,16,17). The van der Waals surface area contributed by atoms with E-state index in [0.717, 1.165) is 12.1 Å². The average molecular weight is 232 g/mol. The van der Waals surface area contributed by atoms with Gasteiger partial charge in [0.25, 0.3) is 0 Å². The van der Waals surface area contributed by atoms with Crippen LogP contribution < -0.4 is 10.6 Å². The lowest BCUT2D eigenvalue weighted by Gasteiger charge is -2.12. The topological polar surface area (TPSA) is 58.2 Å². The Bertz CT molecular complexity index is 468. The molecule has 1 aliphatic rings. The van der Waals surface area contributed by atoms with Crippen molar-refractivity contribution in [1.82, 2.24) is 5.32 Å². The van der Waals surface area contributed by atoms with Gasteiger partial charge < -0.3 is 5.32 Å². The number of carbonyl (C=O) groups excluding carboxylic acids is 2. The minimum absolute atomic E-state index is 0.214. The van der Waals surface area contributed by atoms with Crippen LogP contribution in [-0.2, 0) is 16.0 Å². The van der Waals surface area contributed by atoms with E-state index in [1.807, 2.05) is 25.1 Å². The van der Waals surface area contributed by atoms with E-state index in [-0.39, 0.29) is 18.2 Å². The summed E-state index contributed by atoms with van der Waals surface area (Å²) in [6.07, 6.45) is 1.21. The molecule has 0 spiro atoms. The summed E-state index contributed by atoms with van der Waals surface area (Å²) in [6, 6.07) is 5.57. The predicted octanol–water partition coefficient (Wildman–Crippen LogP) is 1.38. The minimum Gasteiger partial charge on any atom is -0.373 e. The van der Waals surface area contributed by atoms with Crippen molar-refractivity contribution in [2.24, 2.45) is 0 Å². The van der Waals surface area contributed by atoms with Crippen molar-refractivity contribution in [3.8, 4) is 0 Å². The first-order valence-electron chi connectivity index (χ1n) is 5.80. The quantitative estimate of drug-likeness (QED) is 0.774. The van der Waals surface area contributed by atoms with E-state index in [9.17, 15) is 9.59 Å². The highest BCUT2D eigenvalue weighted by Crippen LogP contribution is 2.18. The molecular formula is C13H16N2O2. The molecule has 4 heteroatoms. The molecule has 2 N–H and O–H groups in total. The third kappa shape index (κ3) is 2.46. The molecular weight excluding hydrogens is 216 g/mol. The lowest BCUT2D eigenvalue weighted by atomic mass is 10.1. The molecule has 0 bridgehead atoms. The van der Waals surface area contributed by atoms with Crippen LogP contribution in [0.3, 0.4) is 0 Å². The monoisotopic (exact) mass is 232 g/mol. The van der Waals surface area contributed by atoms with Crippen LogP contribution in [0.1, 0.15) is 24.5 Å². The van der Waals surface area contributed by atoms with E-state index in [4.69, 9.17) is 0 Å². The maximum Gasteiger partial charge on any atom is 0.249 e. The Morgan fingerprint density at radius 1 is 1.41 bits per heavy atom. The van der Waals surface area contributed by atoms with Gasteiger partial charge in [0.05, 0.1) is 6.42 Å². The molecule has 0 aliphatic carbocycles. The zero-order valence-electron chi connectivity index (χ0n) is 10.0. The highest BCUT2D eigenvalue weighted by molar-refractivity contribution is 6.06. The van der Waals surface area contributed by atoms with Crippen molar-refractivity contribution < 1.29 is 9.59 Å². The van der Waals surface area contributed by atoms with Gasteiger partial charge in [-0.15, -0.1) is 0 Å². The van der Waals surface area contributed by atoms with Gasteiger partial charge in [-0.25, -0.2) is 0 Å². The number of imide groups is 1. The van der Waals surface area contributed by atoms with Crippen LogP contribution in [0.2, 0.25) is 0 Å². The van der Waals surface area contributed by atoms with Gasteiger partial charge in [-0.1, -0.05) is 13.0 Å². The molecule has 2 amide bonds. The van der Waals surface area contributed by atoms with Crippen molar-refractivity contribution in [2.75, 3.05) is 5.32 Å². The van der Waals surface area contributed by atoms with Gasteiger partial charge in [0, 0.05) is 5.69 Å². The number of benzene rings is 1. The Labute approximate surface area is 100 Å². The van der Waals surface area contributed by atoms with E-state index in [1.54, 1.807) is 0 Å². The molecule has 1 aliphatic heterocycles. The van der Waals surface area contributed by atoms with Crippen molar-refractivity contribution in [3.63, 3.8) is 0 Å². The number of hydrogen-bond acceptors (Lipinski definition) is 3. The maximum absolute atomic E-state index is 11.4. The van der Waals surface area contributed by atoms with Crippen LogP contribution in [0.25, 0.3) is 0 Å². The summed E-state index contributed by atoms with van der Waals surface area (Å²) in [7, 11) is 0. The number of amides is 2. The molecule has 1 saturated heterocycles. The first-order valence-corrected chi connectivity index (χ1v) is 5.80. The van der Waals surface area contributed by atoms with E-state index in [0.29, 0.717) is 0 Å². The van der Waals surface area contributed by atoms with Crippen molar-refractivity contribution in [1.29, 1.82) is 0 Å². The van der Waals surface area contributed by atoms with Gasteiger partial charge >= 0.3 is 0 Å². The molecule has 90 valence electrons. The predicted molar refractivity (Wildman–Crippen MR) is 65.7 cm³/mol. The van der Waals surface area contributed by atoms with Crippen LogP contribution in [0, 0.1) is 6.92 Å². The van der Waals surface area contributed by atoms with Gasteiger partial charge in [-0.3, -0.25) is 14.9 Å². The molecule has 1 aromatic rings. The van der Waals surface area contributed by atoms with Gasteiger partial charge in [-0.05, 0) is 36.6 Å². The number of nitrogens with one attached hydrogen (secondary N) is 2. The molecule has 1 aromatic carbocycles. The SMILES string of the molecule is CCc1ccc(NC2CC(=O)NC2=O)cc1C. The second-order valence-electron chi connectivity index (χ2n) is 4.31. The molecule has 1 fully saturated rings. The second-order valence-corrected chi connectivity index (χ2v) is 4.31. The molecule has 4 nitrogen and oxygen atoms in total. The smallest absolute Gasteiger partial charge is 0.249 e. The number of rotatable bonds is 3. The zero-order valence-corrected chi connectivity index (χ0v) is 10.0. The number of hydrogen-bond donors (Lipinski definition) is 2. The normalized spacial score (nSPS) is 19.3. The third-order valence-electron chi connectivity index (χ3n) is 3.03. The fourth-order valence-corrected chi connectivity index (χ4v) is 2.05. The Kier molecular flexibility index (Phi) is 3.13. The minimum atomic E-state index is -0.436. The van der Waals surface area contributed by atoms with Gasteiger partial charge in [0.1, 0.15) is 6.04 Å². The van der Waals surface area contributed by atoms with Crippen LogP contribution >= 0.6 is 0 Å². The lowest BCUT2D eigenvalue weighted by molar-refractivity contribution is -0.124. The van der Waals surface area contributed by atoms with Crippen LogP contribution in [0.15, 0.2) is 18.2 Å². The molecule has 2 rings (SSSR count). The Morgan fingerprint density at radius 3 is 2.71 bits per heavy atom. The fraction of sp³-hybridized carbons (Fsp3) is 0.385. The molecule has 0 aromatic heterocycles. The Hall–Kier alpha value is -1.84. The van der Waals surface area contributed by atoms with Crippen LogP contribution in [0.4, 0.5) is 5.69 Å². The number of carbonyl (C=O) groups is 2. The molecule has 1 unspecified atom stereocenters. The first-order chi connectivity index (χ1) is 8.10. The van der Waals surface area contributed by atoms with Gasteiger partial charge in [0.15, 0.2) is 0 Å². The Morgan fingerprint density at radius 2 is 2.18 bits per heavy atom. The molecule has 17 heavy (non-hydrogen) atoms. The van der Waals surface area contributed by atoms with Gasteiger partial charge in [-0.2, -0.15) is 0 Å². The van der Waals surface area contributed by atoms with Gasteiger partial charge in [0.2, 0.25) is 11.8 Å². The summed E-state index contributed by atoms with van der Waals surface area (Å²) in [4.78, 5) is 22.5. The maximum atomic E-state index is 11.4. The summed E-state index contributed by atoms with van der Waals surface area (Å²) in [5.74, 6) is -0.457.